The van der Waals surface area contributed by atoms with Gasteiger partial charge in [0.1, 0.15) is 0 Å². The molecular weight excluding hydrogens is 300 g/mol. The topological polar surface area (TPSA) is 35.6 Å². The molecule has 2 unspecified atom stereocenters. The van der Waals surface area contributed by atoms with Gasteiger partial charge in [-0.25, -0.2) is 8.78 Å². The molecule has 23 heavy (non-hydrogen) atoms. The molecule has 2 atom stereocenters. The van der Waals surface area contributed by atoms with E-state index >= 15 is 0 Å². The lowest BCUT2D eigenvalue weighted by Gasteiger charge is -2.36. The summed E-state index contributed by atoms with van der Waals surface area (Å²) in [7, 11) is 0. The molecule has 0 aromatic carbocycles. The summed E-state index contributed by atoms with van der Waals surface area (Å²) in [5.41, 5.74) is 0. The number of nitrogens with zero attached hydrogens (tertiary/aromatic N) is 2. The van der Waals surface area contributed by atoms with Gasteiger partial charge in [-0.15, -0.1) is 0 Å². The van der Waals surface area contributed by atoms with Gasteiger partial charge in [-0.3, -0.25) is 10.1 Å². The Bertz CT molecular complexity index is 411. The molecule has 0 bridgehead atoms. The Morgan fingerprint density at radius 3 is 2.48 bits per heavy atom. The van der Waals surface area contributed by atoms with Crippen molar-refractivity contribution in [2.24, 2.45) is 5.92 Å². The third-order valence-corrected chi connectivity index (χ3v) is 5.45. The molecule has 0 saturated carbocycles. The van der Waals surface area contributed by atoms with Crippen LogP contribution < -0.4 is 5.32 Å². The average molecular weight is 329 g/mol. The molecule has 0 radical (unpaired) electrons. The maximum absolute atomic E-state index is 13.3. The summed E-state index contributed by atoms with van der Waals surface area (Å²) in [5, 5.41) is 2.70. The first-order chi connectivity index (χ1) is 11.0. The second-order valence-electron chi connectivity index (χ2n) is 7.50. The predicted molar refractivity (Wildman–Crippen MR) is 85.6 cm³/mol. The number of likely N-dealkylation sites (tertiary alicyclic amines) is 2. The van der Waals surface area contributed by atoms with Crippen LogP contribution in [0.1, 0.15) is 44.9 Å². The van der Waals surface area contributed by atoms with Gasteiger partial charge < -0.3 is 9.80 Å². The Kier molecular flexibility index (Phi) is 5.52. The minimum absolute atomic E-state index is 0.122. The molecule has 0 aromatic rings. The molecule has 4 nitrogen and oxygen atoms in total. The van der Waals surface area contributed by atoms with Gasteiger partial charge in [0, 0.05) is 26.1 Å². The fraction of sp³-hybridized carbons (Fsp3) is 0.941. The lowest BCUT2D eigenvalue weighted by Crippen LogP contribution is -2.49. The SMILES string of the molecule is O=C(C1CC(F)(F)CN1)N1CCCC(CN2CCCCCC2)C1. The molecule has 0 aliphatic carbocycles. The average Bonchev–Trinajstić information content (AvgIpc) is 2.73. The lowest BCUT2D eigenvalue weighted by atomic mass is 9.96. The number of rotatable bonds is 3. The number of hydrogen-bond donors (Lipinski definition) is 1. The first-order valence-electron chi connectivity index (χ1n) is 9.16. The number of halogens is 2. The largest absolute Gasteiger partial charge is 0.341 e. The van der Waals surface area contributed by atoms with Crippen LogP contribution in [0.5, 0.6) is 0 Å². The number of piperidine rings is 1. The van der Waals surface area contributed by atoms with Gasteiger partial charge in [0.25, 0.3) is 5.92 Å². The number of carbonyl (C=O) groups is 1. The number of alkyl halides is 2. The van der Waals surface area contributed by atoms with Crippen LogP contribution in [0.15, 0.2) is 0 Å². The zero-order valence-corrected chi connectivity index (χ0v) is 13.9. The van der Waals surface area contributed by atoms with Crippen LogP contribution in [0.2, 0.25) is 0 Å². The summed E-state index contributed by atoms with van der Waals surface area (Å²) in [6, 6.07) is -0.693. The first kappa shape index (κ1) is 17.1. The van der Waals surface area contributed by atoms with Crippen LogP contribution in [0, 0.1) is 5.92 Å². The molecule has 3 saturated heterocycles. The van der Waals surface area contributed by atoms with E-state index in [1.165, 1.54) is 38.8 Å². The number of amides is 1. The fourth-order valence-corrected chi connectivity index (χ4v) is 4.21. The summed E-state index contributed by atoms with van der Waals surface area (Å²) in [4.78, 5) is 16.9. The maximum atomic E-state index is 13.3. The second-order valence-corrected chi connectivity index (χ2v) is 7.50. The molecule has 0 aromatic heterocycles. The summed E-state index contributed by atoms with van der Waals surface area (Å²) >= 11 is 0. The summed E-state index contributed by atoms with van der Waals surface area (Å²) in [6.45, 7) is 4.48. The predicted octanol–water partition coefficient (Wildman–Crippen LogP) is 2.10. The van der Waals surface area contributed by atoms with Crippen molar-refractivity contribution < 1.29 is 13.6 Å². The Hall–Kier alpha value is -0.750. The Morgan fingerprint density at radius 2 is 1.83 bits per heavy atom. The van der Waals surface area contributed by atoms with Gasteiger partial charge in [-0.05, 0) is 44.7 Å². The summed E-state index contributed by atoms with van der Waals surface area (Å²) in [5.74, 6) is -2.36. The van der Waals surface area contributed by atoms with E-state index in [9.17, 15) is 13.6 Å². The van der Waals surface area contributed by atoms with Crippen LogP contribution in [0.3, 0.4) is 0 Å². The van der Waals surface area contributed by atoms with Crippen LogP contribution in [-0.2, 0) is 4.79 Å². The van der Waals surface area contributed by atoms with Crippen LogP contribution in [-0.4, -0.2) is 66.9 Å². The Morgan fingerprint density at radius 1 is 1.09 bits per heavy atom. The van der Waals surface area contributed by atoms with Gasteiger partial charge in [0.05, 0.1) is 12.6 Å². The quantitative estimate of drug-likeness (QED) is 0.861. The molecule has 6 heteroatoms. The van der Waals surface area contributed by atoms with Gasteiger partial charge in [-0.1, -0.05) is 12.8 Å². The molecule has 3 aliphatic rings. The van der Waals surface area contributed by atoms with E-state index in [1.54, 1.807) is 0 Å². The molecule has 3 rings (SSSR count). The van der Waals surface area contributed by atoms with Crippen molar-refractivity contribution in [3.8, 4) is 0 Å². The van der Waals surface area contributed by atoms with Crippen molar-refractivity contribution in [3.05, 3.63) is 0 Å². The highest BCUT2D eigenvalue weighted by Crippen LogP contribution is 2.27. The maximum Gasteiger partial charge on any atom is 0.262 e. The van der Waals surface area contributed by atoms with E-state index in [0.717, 1.165) is 32.5 Å². The minimum Gasteiger partial charge on any atom is -0.341 e. The van der Waals surface area contributed by atoms with E-state index in [4.69, 9.17) is 0 Å². The zero-order chi connectivity index (χ0) is 16.3. The van der Waals surface area contributed by atoms with Crippen LogP contribution >= 0.6 is 0 Å². The summed E-state index contributed by atoms with van der Waals surface area (Å²) in [6.07, 6.45) is 6.99. The number of carbonyl (C=O) groups excluding carboxylic acids is 1. The van der Waals surface area contributed by atoms with Crippen LogP contribution in [0.4, 0.5) is 8.78 Å². The highest BCUT2D eigenvalue weighted by atomic mass is 19.3. The first-order valence-corrected chi connectivity index (χ1v) is 9.16. The van der Waals surface area contributed by atoms with Crippen molar-refractivity contribution >= 4 is 5.91 Å². The van der Waals surface area contributed by atoms with E-state index in [0.29, 0.717) is 5.92 Å². The highest BCUT2D eigenvalue weighted by Gasteiger charge is 2.44. The van der Waals surface area contributed by atoms with Gasteiger partial charge in [0.2, 0.25) is 5.91 Å². The third-order valence-electron chi connectivity index (χ3n) is 5.45. The number of nitrogens with one attached hydrogen (secondary N) is 1. The van der Waals surface area contributed by atoms with Gasteiger partial charge >= 0.3 is 0 Å². The van der Waals surface area contributed by atoms with Crippen molar-refractivity contribution in [3.63, 3.8) is 0 Å². The van der Waals surface area contributed by atoms with E-state index in [2.05, 4.69) is 10.2 Å². The molecule has 3 fully saturated rings. The molecular formula is C17H29F2N3O. The normalized spacial score (nSPS) is 32.7. The standard InChI is InChI=1S/C17H29F2N3O/c18-17(19)10-15(20-13-17)16(23)22-9-5-6-14(12-22)11-21-7-3-1-2-4-8-21/h14-15,20H,1-13H2. The third kappa shape index (κ3) is 4.63. The fourth-order valence-electron chi connectivity index (χ4n) is 4.21. The van der Waals surface area contributed by atoms with E-state index in [-0.39, 0.29) is 18.9 Å². The van der Waals surface area contributed by atoms with E-state index < -0.39 is 12.0 Å². The highest BCUT2D eigenvalue weighted by molar-refractivity contribution is 5.82. The van der Waals surface area contributed by atoms with Gasteiger partial charge in [0.15, 0.2) is 0 Å². The van der Waals surface area contributed by atoms with Crippen molar-refractivity contribution in [1.82, 2.24) is 15.1 Å². The molecule has 1 amide bonds. The molecule has 3 aliphatic heterocycles. The molecule has 3 heterocycles. The smallest absolute Gasteiger partial charge is 0.262 e. The molecule has 0 spiro atoms. The van der Waals surface area contributed by atoms with Crippen molar-refractivity contribution in [2.75, 3.05) is 39.3 Å². The molecule has 1 N–H and O–H groups in total. The monoisotopic (exact) mass is 329 g/mol. The van der Waals surface area contributed by atoms with Crippen molar-refractivity contribution in [2.45, 2.75) is 56.9 Å². The summed E-state index contributed by atoms with van der Waals surface area (Å²) < 4.78 is 26.6. The molecule has 132 valence electrons. The van der Waals surface area contributed by atoms with E-state index in [1.807, 2.05) is 4.90 Å². The zero-order valence-electron chi connectivity index (χ0n) is 13.9. The second kappa shape index (κ2) is 7.43. The van der Waals surface area contributed by atoms with Crippen molar-refractivity contribution in [1.29, 1.82) is 0 Å². The Balaban J connectivity index is 1.50. The number of hydrogen-bond acceptors (Lipinski definition) is 3. The van der Waals surface area contributed by atoms with Gasteiger partial charge in [-0.2, -0.15) is 0 Å². The Labute approximate surface area is 137 Å². The minimum atomic E-state index is -2.73. The lowest BCUT2D eigenvalue weighted by molar-refractivity contribution is -0.135. The van der Waals surface area contributed by atoms with Crippen LogP contribution in [0.25, 0.3) is 0 Å².